The zero-order chi connectivity index (χ0) is 16.1. The Morgan fingerprint density at radius 1 is 1.13 bits per heavy atom. The first-order chi connectivity index (χ1) is 11.2. The van der Waals surface area contributed by atoms with E-state index in [1.54, 1.807) is 42.5 Å². The molecule has 1 N–H and O–H groups in total. The fourth-order valence-electron chi connectivity index (χ4n) is 2.15. The zero-order valence-corrected chi connectivity index (χ0v) is 13.1. The third-order valence-corrected chi connectivity index (χ3v) is 3.54. The molecule has 1 aliphatic heterocycles. The summed E-state index contributed by atoms with van der Waals surface area (Å²) in [5.41, 5.74) is 0.692. The Kier molecular flexibility index (Phi) is 4.88. The number of anilines is 1. The first-order valence-electron chi connectivity index (χ1n) is 7.28. The van der Waals surface area contributed by atoms with Gasteiger partial charge in [0.25, 0.3) is 0 Å². The Labute approximate surface area is 139 Å². The van der Waals surface area contributed by atoms with Crippen LogP contribution >= 0.6 is 11.6 Å². The largest absolute Gasteiger partial charge is 0.494 e. The van der Waals surface area contributed by atoms with Crippen molar-refractivity contribution in [3.63, 3.8) is 0 Å². The number of rotatable bonds is 6. The van der Waals surface area contributed by atoms with Crippen LogP contribution < -0.4 is 19.5 Å². The molecule has 0 aliphatic carbocycles. The van der Waals surface area contributed by atoms with E-state index in [-0.39, 0.29) is 12.7 Å². The number of hydrogen-bond donors (Lipinski definition) is 1. The maximum atomic E-state index is 11.9. The first-order valence-corrected chi connectivity index (χ1v) is 7.66. The van der Waals surface area contributed by atoms with Crippen LogP contribution in [-0.4, -0.2) is 19.3 Å². The predicted octanol–water partition coefficient (Wildman–Crippen LogP) is 3.87. The molecule has 5 nitrogen and oxygen atoms in total. The molecule has 0 saturated carbocycles. The molecule has 0 spiro atoms. The summed E-state index contributed by atoms with van der Waals surface area (Å²) in [5.74, 6) is 2.02. The Bertz CT molecular complexity index is 687. The van der Waals surface area contributed by atoms with Crippen LogP contribution in [0.1, 0.15) is 12.8 Å². The van der Waals surface area contributed by atoms with Gasteiger partial charge >= 0.3 is 0 Å². The van der Waals surface area contributed by atoms with Gasteiger partial charge in [0.15, 0.2) is 11.5 Å². The van der Waals surface area contributed by atoms with Crippen LogP contribution in [0.2, 0.25) is 5.02 Å². The lowest BCUT2D eigenvalue weighted by Gasteiger charge is -2.07. The third kappa shape index (κ3) is 4.29. The van der Waals surface area contributed by atoms with Crippen molar-refractivity contribution in [3.05, 3.63) is 47.5 Å². The van der Waals surface area contributed by atoms with E-state index >= 15 is 0 Å². The van der Waals surface area contributed by atoms with Gasteiger partial charge in [0.05, 0.1) is 6.61 Å². The molecule has 0 atom stereocenters. The molecule has 23 heavy (non-hydrogen) atoms. The number of carbonyl (C=O) groups excluding carboxylic acids is 1. The molecule has 1 aliphatic rings. The van der Waals surface area contributed by atoms with Gasteiger partial charge in [0, 0.05) is 23.2 Å². The molecule has 0 saturated heterocycles. The summed E-state index contributed by atoms with van der Waals surface area (Å²) in [5, 5.41) is 3.50. The number of benzene rings is 2. The quantitative estimate of drug-likeness (QED) is 0.815. The lowest BCUT2D eigenvalue weighted by atomic mass is 10.2. The molecule has 1 heterocycles. The van der Waals surface area contributed by atoms with Crippen LogP contribution in [0.15, 0.2) is 42.5 Å². The highest BCUT2D eigenvalue weighted by Gasteiger charge is 2.14. The second-order valence-corrected chi connectivity index (χ2v) is 5.46. The standard InChI is InChI=1S/C17H16ClNO4/c18-12-3-6-14(7-4-12)21-9-1-2-17(20)19-13-5-8-15-16(10-13)23-11-22-15/h3-8,10H,1-2,9,11H2,(H,19,20). The van der Waals surface area contributed by atoms with Crippen LogP contribution in [0.4, 0.5) is 5.69 Å². The van der Waals surface area contributed by atoms with Crippen LogP contribution in [-0.2, 0) is 4.79 Å². The number of hydrogen-bond acceptors (Lipinski definition) is 4. The fraction of sp³-hybridized carbons (Fsp3) is 0.235. The third-order valence-electron chi connectivity index (χ3n) is 3.29. The van der Waals surface area contributed by atoms with Crippen LogP contribution in [0.3, 0.4) is 0 Å². The van der Waals surface area contributed by atoms with E-state index in [9.17, 15) is 4.79 Å². The molecule has 2 aromatic rings. The average Bonchev–Trinajstić information content (AvgIpc) is 3.01. The monoisotopic (exact) mass is 333 g/mol. The average molecular weight is 334 g/mol. The van der Waals surface area contributed by atoms with Crippen LogP contribution in [0.25, 0.3) is 0 Å². The Balaban J connectivity index is 1.40. The summed E-state index contributed by atoms with van der Waals surface area (Å²) in [6.45, 7) is 0.685. The van der Waals surface area contributed by atoms with E-state index < -0.39 is 0 Å². The van der Waals surface area contributed by atoms with Gasteiger partial charge in [0.1, 0.15) is 5.75 Å². The lowest BCUT2D eigenvalue weighted by Crippen LogP contribution is -2.12. The Hall–Kier alpha value is -2.40. The van der Waals surface area contributed by atoms with Crippen molar-refractivity contribution in [2.75, 3.05) is 18.7 Å². The molecule has 0 bridgehead atoms. The Morgan fingerprint density at radius 3 is 2.74 bits per heavy atom. The predicted molar refractivity (Wildman–Crippen MR) is 87.4 cm³/mol. The van der Waals surface area contributed by atoms with E-state index in [0.717, 1.165) is 5.75 Å². The molecule has 3 rings (SSSR count). The first kappa shape index (κ1) is 15.5. The summed E-state index contributed by atoms with van der Waals surface area (Å²) in [4.78, 5) is 11.9. The number of ether oxygens (including phenoxy) is 3. The molecule has 2 aromatic carbocycles. The van der Waals surface area contributed by atoms with Gasteiger partial charge in [-0.2, -0.15) is 0 Å². The summed E-state index contributed by atoms with van der Waals surface area (Å²) < 4.78 is 16.0. The summed E-state index contributed by atoms with van der Waals surface area (Å²) in [6, 6.07) is 12.5. The number of halogens is 1. The number of fused-ring (bicyclic) bond motifs is 1. The van der Waals surface area contributed by atoms with Crippen LogP contribution in [0, 0.1) is 0 Å². The summed E-state index contributed by atoms with van der Waals surface area (Å²) >= 11 is 5.80. The van der Waals surface area contributed by atoms with Gasteiger partial charge < -0.3 is 19.5 Å². The van der Waals surface area contributed by atoms with Gasteiger partial charge in [-0.15, -0.1) is 0 Å². The summed E-state index contributed by atoms with van der Waals surface area (Å²) in [6.07, 6.45) is 1.00. The number of amides is 1. The van der Waals surface area contributed by atoms with Crippen molar-refractivity contribution < 1.29 is 19.0 Å². The molecular formula is C17H16ClNO4. The highest BCUT2D eigenvalue weighted by Crippen LogP contribution is 2.34. The van der Waals surface area contributed by atoms with E-state index in [1.807, 2.05) is 0 Å². The minimum atomic E-state index is -0.0661. The molecule has 0 radical (unpaired) electrons. The topological polar surface area (TPSA) is 56.8 Å². The van der Waals surface area contributed by atoms with Crippen molar-refractivity contribution in [3.8, 4) is 17.2 Å². The van der Waals surface area contributed by atoms with Crippen molar-refractivity contribution in [2.24, 2.45) is 0 Å². The van der Waals surface area contributed by atoms with Crippen LogP contribution in [0.5, 0.6) is 17.2 Å². The van der Waals surface area contributed by atoms with E-state index in [0.29, 0.717) is 41.7 Å². The van der Waals surface area contributed by atoms with Gasteiger partial charge in [-0.25, -0.2) is 0 Å². The maximum Gasteiger partial charge on any atom is 0.231 e. The van der Waals surface area contributed by atoms with E-state index in [4.69, 9.17) is 25.8 Å². The number of nitrogens with one attached hydrogen (secondary N) is 1. The second kappa shape index (κ2) is 7.24. The van der Waals surface area contributed by atoms with Crippen molar-refractivity contribution in [1.82, 2.24) is 0 Å². The number of carbonyl (C=O) groups is 1. The molecule has 120 valence electrons. The molecule has 6 heteroatoms. The van der Waals surface area contributed by atoms with E-state index in [2.05, 4.69) is 5.32 Å². The molecular weight excluding hydrogens is 318 g/mol. The summed E-state index contributed by atoms with van der Waals surface area (Å²) in [7, 11) is 0. The molecule has 1 amide bonds. The van der Waals surface area contributed by atoms with Crippen molar-refractivity contribution in [2.45, 2.75) is 12.8 Å². The minimum absolute atomic E-state index is 0.0661. The molecule has 0 fully saturated rings. The van der Waals surface area contributed by atoms with Gasteiger partial charge in [-0.1, -0.05) is 11.6 Å². The highest BCUT2D eigenvalue weighted by molar-refractivity contribution is 6.30. The SMILES string of the molecule is O=C(CCCOc1ccc(Cl)cc1)Nc1ccc2c(c1)OCO2. The van der Waals surface area contributed by atoms with Gasteiger partial charge in [-0.05, 0) is 42.8 Å². The molecule has 0 unspecified atom stereocenters. The van der Waals surface area contributed by atoms with Gasteiger partial charge in [-0.3, -0.25) is 4.79 Å². The Morgan fingerprint density at radius 2 is 1.91 bits per heavy atom. The maximum absolute atomic E-state index is 11.9. The normalized spacial score (nSPS) is 12.0. The highest BCUT2D eigenvalue weighted by atomic mass is 35.5. The van der Waals surface area contributed by atoms with E-state index in [1.165, 1.54) is 0 Å². The fourth-order valence-corrected chi connectivity index (χ4v) is 2.28. The van der Waals surface area contributed by atoms with Gasteiger partial charge in [0.2, 0.25) is 12.7 Å². The van der Waals surface area contributed by atoms with Crippen molar-refractivity contribution in [1.29, 1.82) is 0 Å². The lowest BCUT2D eigenvalue weighted by molar-refractivity contribution is -0.116. The molecule has 0 aromatic heterocycles. The second-order valence-electron chi connectivity index (χ2n) is 5.02. The smallest absolute Gasteiger partial charge is 0.231 e. The minimum Gasteiger partial charge on any atom is -0.494 e. The zero-order valence-electron chi connectivity index (χ0n) is 12.4. The van der Waals surface area contributed by atoms with Crippen molar-refractivity contribution >= 4 is 23.2 Å².